The number of benzene rings is 1. The SMILES string of the molecule is CC1COc2c(S(N)(=O)=NC(=O)Nc3c4c(cc5c3C[C@@H](F)C5)CCC4)cnn2C1. The second kappa shape index (κ2) is 7.05. The predicted molar refractivity (Wildman–Crippen MR) is 110 cm³/mol. The van der Waals surface area contributed by atoms with Crippen LogP contribution < -0.4 is 15.2 Å². The summed E-state index contributed by atoms with van der Waals surface area (Å²) in [6.07, 6.45) is 3.73. The van der Waals surface area contributed by atoms with Gasteiger partial charge in [-0.15, -0.1) is 4.36 Å². The van der Waals surface area contributed by atoms with E-state index < -0.39 is 22.1 Å². The molecule has 2 unspecified atom stereocenters. The number of anilines is 1. The molecule has 0 bridgehead atoms. The number of hydrogen-bond acceptors (Lipinski definition) is 4. The zero-order chi connectivity index (χ0) is 21.0. The van der Waals surface area contributed by atoms with Gasteiger partial charge >= 0.3 is 6.03 Å². The summed E-state index contributed by atoms with van der Waals surface area (Å²) in [4.78, 5) is 12.8. The van der Waals surface area contributed by atoms with E-state index in [1.165, 1.54) is 6.20 Å². The maximum absolute atomic E-state index is 14.0. The number of nitrogens with two attached hydrogens (primary N) is 1. The number of aromatic nitrogens is 2. The molecule has 0 spiro atoms. The van der Waals surface area contributed by atoms with E-state index in [0.717, 1.165) is 41.5 Å². The first-order valence-electron chi connectivity index (χ1n) is 10.2. The molecule has 2 aliphatic carbocycles. The highest BCUT2D eigenvalue weighted by Gasteiger charge is 2.30. The molecule has 1 aromatic carbocycles. The largest absolute Gasteiger partial charge is 0.477 e. The molecule has 2 heterocycles. The smallest absolute Gasteiger partial charge is 0.354 e. The van der Waals surface area contributed by atoms with E-state index in [1.54, 1.807) is 4.68 Å². The molecule has 0 saturated carbocycles. The minimum absolute atomic E-state index is 0.108. The molecule has 3 aliphatic rings. The van der Waals surface area contributed by atoms with Gasteiger partial charge in [0.1, 0.15) is 11.1 Å². The number of halogens is 1. The number of alkyl halides is 1. The molecule has 3 atom stereocenters. The molecule has 2 aromatic rings. The van der Waals surface area contributed by atoms with Crippen molar-refractivity contribution in [2.45, 2.75) is 56.6 Å². The standard InChI is InChI=1S/C20H24FN5O3S/c1-11-9-26-19(29-10-11)17(8-23-26)30(22,28)25-20(27)24-18-15-4-2-3-12(15)5-13-6-14(21)7-16(13)18/h5,8,11,14H,2-4,6-7,9-10H2,1H3,(H3,22,24,25,27,28)/t11?,14-,30?/m0/s1. The number of nitrogens with one attached hydrogen (secondary N) is 1. The van der Waals surface area contributed by atoms with Crippen molar-refractivity contribution in [2.75, 3.05) is 11.9 Å². The number of aryl methyl sites for hydroxylation is 1. The number of rotatable bonds is 2. The van der Waals surface area contributed by atoms with E-state index >= 15 is 0 Å². The topological polar surface area (TPSA) is 112 Å². The van der Waals surface area contributed by atoms with Crippen molar-refractivity contribution in [1.82, 2.24) is 9.78 Å². The monoisotopic (exact) mass is 433 g/mol. The zero-order valence-corrected chi connectivity index (χ0v) is 17.5. The Morgan fingerprint density at radius 3 is 3.03 bits per heavy atom. The molecule has 8 nitrogen and oxygen atoms in total. The molecular weight excluding hydrogens is 409 g/mol. The molecule has 1 aromatic heterocycles. The molecule has 30 heavy (non-hydrogen) atoms. The Morgan fingerprint density at radius 1 is 1.37 bits per heavy atom. The van der Waals surface area contributed by atoms with Gasteiger partial charge in [0.25, 0.3) is 0 Å². The van der Waals surface area contributed by atoms with Crippen molar-refractivity contribution >= 4 is 21.6 Å². The number of hydrogen-bond donors (Lipinski definition) is 2. The lowest BCUT2D eigenvalue weighted by Gasteiger charge is -2.21. The summed E-state index contributed by atoms with van der Waals surface area (Å²) >= 11 is 0. The average molecular weight is 434 g/mol. The third-order valence-electron chi connectivity index (χ3n) is 5.98. The molecule has 1 aliphatic heterocycles. The van der Waals surface area contributed by atoms with E-state index in [9.17, 15) is 13.4 Å². The summed E-state index contributed by atoms with van der Waals surface area (Å²) in [5, 5.41) is 12.9. The summed E-state index contributed by atoms with van der Waals surface area (Å²) in [6, 6.07) is 1.25. The van der Waals surface area contributed by atoms with Gasteiger partial charge in [-0.3, -0.25) is 0 Å². The quantitative estimate of drug-likeness (QED) is 0.758. The lowest BCUT2D eigenvalue weighted by atomic mass is 9.99. The zero-order valence-electron chi connectivity index (χ0n) is 16.7. The van der Waals surface area contributed by atoms with Crippen molar-refractivity contribution in [3.63, 3.8) is 0 Å². The summed E-state index contributed by atoms with van der Waals surface area (Å²) in [5.74, 6) is 0.555. The minimum atomic E-state index is -3.55. The Hall–Kier alpha value is -2.46. The van der Waals surface area contributed by atoms with Gasteiger partial charge in [-0.25, -0.2) is 23.2 Å². The molecule has 0 saturated heterocycles. The highest BCUT2D eigenvalue weighted by atomic mass is 32.2. The fraction of sp³-hybridized carbons (Fsp3) is 0.500. The Kier molecular flexibility index (Phi) is 4.59. The molecule has 160 valence electrons. The summed E-state index contributed by atoms with van der Waals surface area (Å²) < 4.78 is 38.1. The molecule has 0 radical (unpaired) electrons. The second-order valence-corrected chi connectivity index (χ2v) is 10.1. The minimum Gasteiger partial charge on any atom is -0.477 e. The summed E-state index contributed by atoms with van der Waals surface area (Å²) in [7, 11) is -3.55. The van der Waals surface area contributed by atoms with Crippen LogP contribution >= 0.6 is 0 Å². The number of amides is 2. The Labute approximate surface area is 174 Å². The maximum Gasteiger partial charge on any atom is 0.354 e. The van der Waals surface area contributed by atoms with E-state index in [1.807, 2.05) is 6.92 Å². The van der Waals surface area contributed by atoms with Crippen molar-refractivity contribution in [3.05, 3.63) is 34.5 Å². The maximum atomic E-state index is 14.0. The van der Waals surface area contributed by atoms with Crippen LogP contribution in [0.3, 0.4) is 0 Å². The highest BCUT2D eigenvalue weighted by Crippen LogP contribution is 2.39. The van der Waals surface area contributed by atoms with Crippen LogP contribution in [0.5, 0.6) is 5.88 Å². The van der Waals surface area contributed by atoms with Gasteiger partial charge in [0.05, 0.1) is 19.3 Å². The summed E-state index contributed by atoms with van der Waals surface area (Å²) in [5.41, 5.74) is 4.52. The van der Waals surface area contributed by atoms with Gasteiger partial charge in [-0.05, 0) is 41.5 Å². The summed E-state index contributed by atoms with van der Waals surface area (Å²) in [6.45, 7) is 3.08. The van der Waals surface area contributed by atoms with Gasteiger partial charge in [-0.2, -0.15) is 5.10 Å². The van der Waals surface area contributed by atoms with Crippen molar-refractivity contribution < 1.29 is 18.1 Å². The second-order valence-electron chi connectivity index (χ2n) is 8.39. The first kappa shape index (κ1) is 19.5. The highest BCUT2D eigenvalue weighted by molar-refractivity contribution is 7.91. The third-order valence-corrected chi connectivity index (χ3v) is 7.33. The van der Waals surface area contributed by atoms with Crippen LogP contribution in [0.4, 0.5) is 14.9 Å². The van der Waals surface area contributed by atoms with Crippen LogP contribution in [-0.4, -0.2) is 32.8 Å². The van der Waals surface area contributed by atoms with Gasteiger partial charge in [0.2, 0.25) is 5.88 Å². The molecule has 2 amide bonds. The van der Waals surface area contributed by atoms with Crippen LogP contribution in [0.25, 0.3) is 0 Å². The fourth-order valence-corrected chi connectivity index (χ4v) is 5.66. The van der Waals surface area contributed by atoms with Crippen LogP contribution in [0.1, 0.15) is 35.6 Å². The van der Waals surface area contributed by atoms with Crippen LogP contribution in [0.2, 0.25) is 0 Å². The number of nitrogens with zero attached hydrogens (tertiary/aromatic N) is 3. The number of fused-ring (bicyclic) bond motifs is 3. The molecule has 5 rings (SSSR count). The average Bonchev–Trinajstić information content (AvgIpc) is 3.37. The molecule has 0 fully saturated rings. The molecular formula is C20H24FN5O3S. The number of carbonyl (C=O) groups excluding carboxylic acids is 1. The van der Waals surface area contributed by atoms with E-state index in [2.05, 4.69) is 20.8 Å². The Bertz CT molecular complexity index is 1170. The van der Waals surface area contributed by atoms with Gasteiger partial charge in [-0.1, -0.05) is 13.0 Å². The lowest BCUT2D eigenvalue weighted by Crippen LogP contribution is -2.25. The Balaban J connectivity index is 1.47. The van der Waals surface area contributed by atoms with Crippen LogP contribution in [0.15, 0.2) is 21.5 Å². The molecule has 3 N–H and O–H groups in total. The van der Waals surface area contributed by atoms with Crippen molar-refractivity contribution in [1.29, 1.82) is 0 Å². The van der Waals surface area contributed by atoms with Gasteiger partial charge < -0.3 is 10.1 Å². The molecule has 10 heteroatoms. The van der Waals surface area contributed by atoms with Crippen molar-refractivity contribution in [2.24, 2.45) is 15.4 Å². The number of carbonyl (C=O) groups is 1. The normalized spacial score (nSPS) is 23.7. The first-order chi connectivity index (χ1) is 14.3. The van der Waals surface area contributed by atoms with Gasteiger partial charge in [0, 0.05) is 24.4 Å². The van der Waals surface area contributed by atoms with Crippen molar-refractivity contribution in [3.8, 4) is 5.88 Å². The number of urea groups is 1. The van der Waals surface area contributed by atoms with Crippen LogP contribution in [-0.2, 0) is 42.1 Å². The predicted octanol–water partition coefficient (Wildman–Crippen LogP) is 2.77. The van der Waals surface area contributed by atoms with E-state index in [0.29, 0.717) is 31.1 Å². The first-order valence-corrected chi connectivity index (χ1v) is 11.7. The van der Waals surface area contributed by atoms with E-state index in [4.69, 9.17) is 9.88 Å². The van der Waals surface area contributed by atoms with Crippen LogP contribution in [0, 0.1) is 5.92 Å². The fourth-order valence-electron chi connectivity index (χ4n) is 4.65. The Morgan fingerprint density at radius 2 is 2.20 bits per heavy atom. The lowest BCUT2D eigenvalue weighted by molar-refractivity contribution is 0.171. The van der Waals surface area contributed by atoms with E-state index in [-0.39, 0.29) is 17.2 Å². The third kappa shape index (κ3) is 3.27. The number of ether oxygens (including phenoxy) is 1. The van der Waals surface area contributed by atoms with Gasteiger partial charge in [0.15, 0.2) is 9.92 Å².